The molecule has 0 fully saturated rings. The Kier molecular flexibility index (Phi) is 7.69. The molecule has 2 heteroatoms. The molecule has 2 aliphatic carbocycles. The van der Waals surface area contributed by atoms with Crippen molar-refractivity contribution in [3.63, 3.8) is 0 Å². The number of anilines is 3. The molecular weight excluding hydrogens is 691 g/mol. The summed E-state index contributed by atoms with van der Waals surface area (Å²) in [6, 6.07) is 62.3. The molecule has 0 amide bonds. The second-order valence-electron chi connectivity index (χ2n) is 15.9. The van der Waals surface area contributed by atoms with Crippen LogP contribution in [0.15, 0.2) is 193 Å². The molecule has 0 unspecified atom stereocenters. The fraction of sp³-hybridized carbons (Fsp3) is 0.0909. The average Bonchev–Trinajstić information content (AvgIpc) is 3.77. The highest BCUT2D eigenvalue weighted by molar-refractivity contribution is 6.14. The van der Waals surface area contributed by atoms with E-state index in [0.717, 1.165) is 51.8 Å². The van der Waals surface area contributed by atoms with Crippen molar-refractivity contribution in [2.45, 2.75) is 32.1 Å². The van der Waals surface area contributed by atoms with Gasteiger partial charge in [-0.15, -0.1) is 0 Å². The first-order valence-electron chi connectivity index (χ1n) is 20.1. The summed E-state index contributed by atoms with van der Waals surface area (Å²) in [7, 11) is 0. The fourth-order valence-electron chi connectivity index (χ4n) is 9.69. The topological polar surface area (TPSA) is 16.4 Å². The van der Waals surface area contributed by atoms with Crippen LogP contribution in [0.3, 0.4) is 0 Å². The third-order valence-corrected chi connectivity index (χ3v) is 12.3. The Morgan fingerprint density at radius 1 is 0.526 bits per heavy atom. The van der Waals surface area contributed by atoms with Gasteiger partial charge in [0, 0.05) is 22.1 Å². The zero-order valence-corrected chi connectivity index (χ0v) is 32.2. The van der Waals surface area contributed by atoms with Gasteiger partial charge in [0.05, 0.1) is 16.8 Å². The number of hydrogen-bond donors (Lipinski definition) is 0. The van der Waals surface area contributed by atoms with E-state index in [9.17, 15) is 0 Å². The number of para-hydroxylation sites is 1. The van der Waals surface area contributed by atoms with Gasteiger partial charge in [0.15, 0.2) is 0 Å². The molecule has 0 atom stereocenters. The molecule has 0 aliphatic heterocycles. The zero-order chi connectivity index (χ0) is 38.1. The van der Waals surface area contributed by atoms with Crippen LogP contribution >= 0.6 is 0 Å². The highest BCUT2D eigenvalue weighted by Crippen LogP contribution is 2.53. The van der Waals surface area contributed by atoms with Gasteiger partial charge in [-0.1, -0.05) is 166 Å². The second kappa shape index (κ2) is 13.1. The number of hydrogen-bond acceptors (Lipinski definition) is 2. The van der Waals surface area contributed by atoms with Crippen LogP contribution in [0.5, 0.6) is 0 Å². The Morgan fingerprint density at radius 3 is 2.09 bits per heavy atom. The van der Waals surface area contributed by atoms with Crippen LogP contribution in [0.25, 0.3) is 71.7 Å². The molecule has 1 heterocycles. The van der Waals surface area contributed by atoms with Crippen molar-refractivity contribution in [1.82, 2.24) is 0 Å². The molecule has 0 saturated carbocycles. The molecule has 57 heavy (non-hydrogen) atoms. The minimum atomic E-state index is -0.107. The third-order valence-electron chi connectivity index (χ3n) is 12.3. The van der Waals surface area contributed by atoms with Gasteiger partial charge in [0.1, 0.15) is 11.2 Å². The van der Waals surface area contributed by atoms with Gasteiger partial charge in [-0.3, -0.25) is 0 Å². The Balaban J connectivity index is 1.15. The SMILES string of the molecule is CC1(C)c2ccccc2-c2cccc(-c3ccc(N(c4cc(-c5cccc6ccccc56)ccc4C4=CC=CCC4)c4cccc5oc6ccccc6c45)cc3)c21. The Labute approximate surface area is 333 Å². The van der Waals surface area contributed by atoms with Gasteiger partial charge >= 0.3 is 0 Å². The summed E-state index contributed by atoms with van der Waals surface area (Å²) in [5.74, 6) is 0. The third kappa shape index (κ3) is 5.32. The van der Waals surface area contributed by atoms with Crippen LogP contribution in [0.4, 0.5) is 17.1 Å². The summed E-state index contributed by atoms with van der Waals surface area (Å²) in [6.45, 7) is 4.74. The van der Waals surface area contributed by atoms with Crippen LogP contribution in [0.2, 0.25) is 0 Å². The van der Waals surface area contributed by atoms with E-state index in [2.05, 4.69) is 207 Å². The Hall–Kier alpha value is -6.90. The van der Waals surface area contributed by atoms with Crippen LogP contribution in [0, 0.1) is 0 Å². The summed E-state index contributed by atoms with van der Waals surface area (Å²) >= 11 is 0. The summed E-state index contributed by atoms with van der Waals surface area (Å²) in [5, 5.41) is 4.70. The van der Waals surface area contributed by atoms with E-state index in [1.54, 1.807) is 0 Å². The van der Waals surface area contributed by atoms with Crippen LogP contribution in [-0.4, -0.2) is 0 Å². The maximum Gasteiger partial charge on any atom is 0.137 e. The van der Waals surface area contributed by atoms with Crippen molar-refractivity contribution < 1.29 is 4.42 Å². The monoisotopic (exact) mass is 731 g/mol. The lowest BCUT2D eigenvalue weighted by Crippen LogP contribution is -2.16. The van der Waals surface area contributed by atoms with Crippen molar-refractivity contribution in [1.29, 1.82) is 0 Å². The van der Waals surface area contributed by atoms with E-state index in [1.807, 2.05) is 0 Å². The molecule has 0 spiro atoms. The lowest BCUT2D eigenvalue weighted by atomic mass is 9.79. The molecule has 0 N–H and O–H groups in total. The number of rotatable bonds is 6. The van der Waals surface area contributed by atoms with Crippen molar-refractivity contribution in [2.75, 3.05) is 4.90 Å². The molecule has 0 radical (unpaired) electrons. The minimum Gasteiger partial charge on any atom is -0.456 e. The number of allylic oxidation sites excluding steroid dienone is 4. The van der Waals surface area contributed by atoms with Gasteiger partial charge in [0.25, 0.3) is 0 Å². The summed E-state index contributed by atoms with van der Waals surface area (Å²) in [4.78, 5) is 2.48. The smallest absolute Gasteiger partial charge is 0.137 e. The van der Waals surface area contributed by atoms with Crippen LogP contribution in [-0.2, 0) is 5.41 Å². The molecule has 2 nitrogen and oxygen atoms in total. The molecule has 2 aliphatic rings. The van der Waals surface area contributed by atoms with E-state index >= 15 is 0 Å². The van der Waals surface area contributed by atoms with E-state index in [0.29, 0.717) is 0 Å². The molecular formula is C55H41NO. The van der Waals surface area contributed by atoms with E-state index in [1.165, 1.54) is 66.4 Å². The highest BCUT2D eigenvalue weighted by atomic mass is 16.3. The first kappa shape index (κ1) is 33.4. The van der Waals surface area contributed by atoms with E-state index in [-0.39, 0.29) is 5.41 Å². The molecule has 0 bridgehead atoms. The summed E-state index contributed by atoms with van der Waals surface area (Å²) in [6.07, 6.45) is 8.78. The molecule has 0 saturated heterocycles. The lowest BCUT2D eigenvalue weighted by Gasteiger charge is -2.30. The minimum absolute atomic E-state index is 0.107. The quantitative estimate of drug-likeness (QED) is 0.169. The number of nitrogens with zero attached hydrogens (tertiary/aromatic N) is 1. The molecule has 272 valence electrons. The van der Waals surface area contributed by atoms with Crippen LogP contribution in [0.1, 0.15) is 43.4 Å². The van der Waals surface area contributed by atoms with Crippen molar-refractivity contribution in [3.05, 3.63) is 205 Å². The molecule has 1 aromatic heterocycles. The normalized spacial score (nSPS) is 14.2. The number of furan rings is 1. The number of fused-ring (bicyclic) bond motifs is 7. The zero-order valence-electron chi connectivity index (χ0n) is 32.2. The van der Waals surface area contributed by atoms with Gasteiger partial charge in [0.2, 0.25) is 0 Å². The second-order valence-corrected chi connectivity index (χ2v) is 15.9. The maximum absolute atomic E-state index is 6.52. The predicted octanol–water partition coefficient (Wildman–Crippen LogP) is 15.6. The standard InChI is InChI=1S/C55H41NO/c1-55(2)48-25-10-8-20-45(48)46-24-13-23-44(54(46)55)38-29-32-40(33-30-38)56(49-26-14-28-52-53(49)47-21-9-11-27-51(47)57-52)50-35-39(31-34-43(50)37-15-4-3-5-16-37)42-22-12-18-36-17-6-7-19-41(36)42/h3-4,6-15,17-35H,5,16H2,1-2H3. The molecule has 9 aromatic rings. The highest BCUT2D eigenvalue weighted by Gasteiger charge is 2.37. The van der Waals surface area contributed by atoms with Crippen LogP contribution < -0.4 is 4.90 Å². The first-order valence-corrected chi connectivity index (χ1v) is 20.1. The van der Waals surface area contributed by atoms with E-state index in [4.69, 9.17) is 4.42 Å². The Bertz CT molecular complexity index is 3100. The predicted molar refractivity (Wildman–Crippen MR) is 241 cm³/mol. The van der Waals surface area contributed by atoms with Crippen molar-refractivity contribution in [2.24, 2.45) is 0 Å². The first-order chi connectivity index (χ1) is 28.0. The summed E-state index contributed by atoms with van der Waals surface area (Å²) < 4.78 is 6.52. The van der Waals surface area contributed by atoms with Gasteiger partial charge in [-0.25, -0.2) is 0 Å². The lowest BCUT2D eigenvalue weighted by molar-refractivity contribution is 0.662. The molecule has 8 aromatic carbocycles. The molecule has 11 rings (SSSR count). The number of benzene rings is 8. The Morgan fingerprint density at radius 2 is 1.21 bits per heavy atom. The van der Waals surface area contributed by atoms with Crippen molar-refractivity contribution in [3.8, 4) is 33.4 Å². The van der Waals surface area contributed by atoms with Gasteiger partial charge < -0.3 is 9.32 Å². The average molecular weight is 732 g/mol. The van der Waals surface area contributed by atoms with Crippen molar-refractivity contribution >= 4 is 55.3 Å². The van der Waals surface area contributed by atoms with E-state index < -0.39 is 0 Å². The fourth-order valence-corrected chi connectivity index (χ4v) is 9.69. The maximum atomic E-state index is 6.52. The largest absolute Gasteiger partial charge is 0.456 e. The summed E-state index contributed by atoms with van der Waals surface area (Å²) in [5.41, 5.74) is 17.9. The van der Waals surface area contributed by atoms with Gasteiger partial charge in [-0.2, -0.15) is 0 Å². The van der Waals surface area contributed by atoms with Gasteiger partial charge in [-0.05, 0) is 110 Å².